The minimum Gasteiger partial charge on any atom is -0.325 e. The molecule has 2 heterocycles. The van der Waals surface area contributed by atoms with E-state index in [-0.39, 0.29) is 11.8 Å². The summed E-state index contributed by atoms with van der Waals surface area (Å²) >= 11 is 0. The zero-order valence-electron chi connectivity index (χ0n) is 13.5. The molecule has 0 radical (unpaired) electrons. The Kier molecular flexibility index (Phi) is 4.57. The van der Waals surface area contributed by atoms with Gasteiger partial charge in [-0.1, -0.05) is 12.1 Å². The van der Waals surface area contributed by atoms with E-state index in [4.69, 9.17) is 5.73 Å². The third-order valence-corrected chi connectivity index (χ3v) is 4.01. The van der Waals surface area contributed by atoms with Crippen LogP contribution in [0.4, 0.5) is 11.4 Å². The molecule has 0 aliphatic carbocycles. The highest BCUT2D eigenvalue weighted by atomic mass is 16.2. The first-order chi connectivity index (χ1) is 11.6. The number of carbonyl (C=O) groups excluding carboxylic acids is 2. The third-order valence-electron chi connectivity index (χ3n) is 4.01. The monoisotopic (exact) mass is 324 g/mol. The molecule has 1 aliphatic rings. The molecule has 0 saturated heterocycles. The number of hydrogen-bond acceptors (Lipinski definition) is 4. The quantitative estimate of drug-likeness (QED) is 0.903. The molecule has 124 valence electrons. The first-order valence-corrected chi connectivity index (χ1v) is 7.98. The number of anilines is 2. The fraction of sp³-hybridized carbons (Fsp3) is 0.278. The van der Waals surface area contributed by atoms with Gasteiger partial charge in [0.25, 0.3) is 5.91 Å². The molecule has 0 fully saturated rings. The lowest BCUT2D eigenvalue weighted by atomic mass is 10.0. The van der Waals surface area contributed by atoms with Crippen molar-refractivity contribution in [3.63, 3.8) is 0 Å². The van der Waals surface area contributed by atoms with Crippen LogP contribution >= 0.6 is 0 Å². The van der Waals surface area contributed by atoms with Gasteiger partial charge in [0.15, 0.2) is 0 Å². The van der Waals surface area contributed by atoms with Crippen LogP contribution in [0.25, 0.3) is 0 Å². The number of nitrogens with one attached hydrogen (secondary N) is 1. The number of hydrogen-bond donors (Lipinski definition) is 2. The molecule has 1 atom stereocenters. The molecule has 1 aromatic carbocycles. The number of nitrogens with zero attached hydrogens (tertiary/aromatic N) is 2. The van der Waals surface area contributed by atoms with Crippen molar-refractivity contribution in [2.75, 3.05) is 16.8 Å². The molecule has 6 heteroatoms. The highest BCUT2D eigenvalue weighted by molar-refractivity contribution is 6.06. The van der Waals surface area contributed by atoms with Gasteiger partial charge in [0, 0.05) is 24.1 Å². The van der Waals surface area contributed by atoms with Crippen LogP contribution in [0.5, 0.6) is 0 Å². The summed E-state index contributed by atoms with van der Waals surface area (Å²) in [4.78, 5) is 30.4. The topological polar surface area (TPSA) is 88.3 Å². The lowest BCUT2D eigenvalue weighted by molar-refractivity contribution is -0.117. The summed E-state index contributed by atoms with van der Waals surface area (Å²) in [5, 5.41) is 2.77. The first-order valence-electron chi connectivity index (χ1n) is 7.98. The van der Waals surface area contributed by atoms with E-state index < -0.39 is 6.04 Å². The van der Waals surface area contributed by atoms with Crippen molar-refractivity contribution in [1.29, 1.82) is 0 Å². The van der Waals surface area contributed by atoms with Crippen LogP contribution in [-0.2, 0) is 11.2 Å². The van der Waals surface area contributed by atoms with Gasteiger partial charge in [-0.05, 0) is 49.6 Å². The maximum atomic E-state index is 12.8. The van der Waals surface area contributed by atoms with Gasteiger partial charge in [-0.25, -0.2) is 0 Å². The SMILES string of the molecule is C[C@H](N)C(=O)Nc1ccc2c(c1)N(C(=O)c1ccccn1)CCC2. The fourth-order valence-corrected chi connectivity index (χ4v) is 2.75. The maximum Gasteiger partial charge on any atom is 0.276 e. The number of amides is 2. The molecule has 0 saturated carbocycles. The van der Waals surface area contributed by atoms with Gasteiger partial charge in [0.1, 0.15) is 5.69 Å². The molecular weight excluding hydrogens is 304 g/mol. The van der Waals surface area contributed by atoms with Crippen molar-refractivity contribution in [3.05, 3.63) is 53.9 Å². The van der Waals surface area contributed by atoms with E-state index in [0.29, 0.717) is 17.9 Å². The van der Waals surface area contributed by atoms with Crippen molar-refractivity contribution in [2.45, 2.75) is 25.8 Å². The average Bonchev–Trinajstić information content (AvgIpc) is 2.61. The number of fused-ring (bicyclic) bond motifs is 1. The van der Waals surface area contributed by atoms with Crippen LogP contribution in [-0.4, -0.2) is 29.4 Å². The maximum absolute atomic E-state index is 12.8. The fourth-order valence-electron chi connectivity index (χ4n) is 2.75. The summed E-state index contributed by atoms with van der Waals surface area (Å²) < 4.78 is 0. The molecule has 0 spiro atoms. The molecule has 1 aliphatic heterocycles. The Hall–Kier alpha value is -2.73. The molecule has 0 bridgehead atoms. The number of nitrogens with two attached hydrogens (primary N) is 1. The summed E-state index contributed by atoms with van der Waals surface area (Å²) in [6.45, 7) is 2.26. The smallest absolute Gasteiger partial charge is 0.276 e. The summed E-state index contributed by atoms with van der Waals surface area (Å²) in [6, 6.07) is 10.3. The van der Waals surface area contributed by atoms with Crippen molar-refractivity contribution in [2.24, 2.45) is 5.73 Å². The predicted octanol–water partition coefficient (Wildman–Crippen LogP) is 1.96. The molecule has 3 N–H and O–H groups in total. The molecule has 2 aromatic rings. The van der Waals surface area contributed by atoms with E-state index in [2.05, 4.69) is 10.3 Å². The largest absolute Gasteiger partial charge is 0.325 e. The molecular formula is C18H20N4O2. The summed E-state index contributed by atoms with van der Waals surface area (Å²) in [7, 11) is 0. The Bertz CT molecular complexity index is 759. The zero-order chi connectivity index (χ0) is 17.1. The van der Waals surface area contributed by atoms with Crippen LogP contribution in [0.2, 0.25) is 0 Å². The molecule has 1 aromatic heterocycles. The van der Waals surface area contributed by atoms with E-state index >= 15 is 0 Å². The Labute approximate surface area is 140 Å². The second-order valence-electron chi connectivity index (χ2n) is 5.90. The van der Waals surface area contributed by atoms with Gasteiger partial charge in [-0.15, -0.1) is 0 Å². The Morgan fingerprint density at radius 1 is 1.29 bits per heavy atom. The lowest BCUT2D eigenvalue weighted by Gasteiger charge is -2.29. The van der Waals surface area contributed by atoms with Crippen LogP contribution in [0.15, 0.2) is 42.6 Å². The number of aryl methyl sites for hydroxylation is 1. The number of rotatable bonds is 3. The van der Waals surface area contributed by atoms with Crippen LogP contribution in [0.3, 0.4) is 0 Å². The van der Waals surface area contributed by atoms with Crippen LogP contribution in [0, 0.1) is 0 Å². The average molecular weight is 324 g/mol. The van der Waals surface area contributed by atoms with Gasteiger partial charge < -0.3 is 16.0 Å². The number of benzene rings is 1. The van der Waals surface area contributed by atoms with Crippen molar-refractivity contribution in [1.82, 2.24) is 4.98 Å². The number of pyridine rings is 1. The van der Waals surface area contributed by atoms with Crippen molar-refractivity contribution in [3.8, 4) is 0 Å². The second-order valence-corrected chi connectivity index (χ2v) is 5.90. The highest BCUT2D eigenvalue weighted by Crippen LogP contribution is 2.31. The Balaban J connectivity index is 1.91. The third kappa shape index (κ3) is 3.28. The van der Waals surface area contributed by atoms with E-state index in [1.54, 1.807) is 36.2 Å². The van der Waals surface area contributed by atoms with E-state index in [1.165, 1.54) is 0 Å². The Morgan fingerprint density at radius 2 is 2.12 bits per heavy atom. The first kappa shape index (κ1) is 16.1. The van der Waals surface area contributed by atoms with Gasteiger partial charge in [-0.2, -0.15) is 0 Å². The van der Waals surface area contributed by atoms with Crippen molar-refractivity contribution < 1.29 is 9.59 Å². The Morgan fingerprint density at radius 3 is 2.83 bits per heavy atom. The van der Waals surface area contributed by atoms with Crippen molar-refractivity contribution >= 4 is 23.2 Å². The molecule has 24 heavy (non-hydrogen) atoms. The summed E-state index contributed by atoms with van der Waals surface area (Å²) in [6.07, 6.45) is 3.41. The minimum atomic E-state index is -0.590. The van der Waals surface area contributed by atoms with E-state index in [1.807, 2.05) is 18.2 Å². The number of carbonyl (C=O) groups is 2. The summed E-state index contributed by atoms with van der Waals surface area (Å²) in [5.41, 5.74) is 8.54. The minimum absolute atomic E-state index is 0.132. The van der Waals surface area contributed by atoms with Crippen LogP contribution in [0.1, 0.15) is 29.4 Å². The molecule has 2 amide bonds. The second kappa shape index (κ2) is 6.80. The van der Waals surface area contributed by atoms with Gasteiger partial charge >= 0.3 is 0 Å². The molecule has 3 rings (SSSR count). The highest BCUT2D eigenvalue weighted by Gasteiger charge is 2.24. The molecule has 6 nitrogen and oxygen atoms in total. The van der Waals surface area contributed by atoms with Crippen LogP contribution < -0.4 is 16.0 Å². The van der Waals surface area contributed by atoms with E-state index in [9.17, 15) is 9.59 Å². The predicted molar refractivity (Wildman–Crippen MR) is 93.0 cm³/mol. The van der Waals surface area contributed by atoms with Gasteiger partial charge in [0.05, 0.1) is 6.04 Å². The normalized spacial score (nSPS) is 14.7. The zero-order valence-corrected chi connectivity index (χ0v) is 13.5. The summed E-state index contributed by atoms with van der Waals surface area (Å²) in [5.74, 6) is -0.388. The van der Waals surface area contributed by atoms with Gasteiger partial charge in [-0.3, -0.25) is 14.6 Å². The van der Waals surface area contributed by atoms with E-state index in [0.717, 1.165) is 24.1 Å². The standard InChI is InChI=1S/C18H20N4O2/c1-12(19)17(23)21-14-8-7-13-5-4-10-22(16(13)11-14)18(24)15-6-2-3-9-20-15/h2-3,6-9,11-12H,4-5,10,19H2,1H3,(H,21,23)/t12-/m0/s1. The number of aromatic nitrogens is 1. The molecule has 0 unspecified atom stereocenters. The lowest BCUT2D eigenvalue weighted by Crippen LogP contribution is -2.36. The van der Waals surface area contributed by atoms with Gasteiger partial charge in [0.2, 0.25) is 5.91 Å².